The average molecular weight is 459 g/mol. The van der Waals surface area contributed by atoms with E-state index in [1.165, 1.54) is 0 Å². The second kappa shape index (κ2) is 8.57. The lowest BCUT2D eigenvalue weighted by Crippen LogP contribution is -2.36. The minimum absolute atomic E-state index is 0.0717. The number of hydrogen-bond acceptors (Lipinski definition) is 6. The zero-order valence-electron chi connectivity index (χ0n) is 18.6. The van der Waals surface area contributed by atoms with Gasteiger partial charge in [-0.2, -0.15) is 0 Å². The maximum atomic E-state index is 13.1. The summed E-state index contributed by atoms with van der Waals surface area (Å²) in [7, 11) is 0. The van der Waals surface area contributed by atoms with Crippen LogP contribution in [0.25, 0.3) is 21.5 Å². The van der Waals surface area contributed by atoms with Crippen molar-refractivity contribution in [1.82, 2.24) is 15.3 Å². The lowest BCUT2D eigenvalue weighted by molar-refractivity contribution is 0.0927. The molecule has 1 fully saturated rings. The van der Waals surface area contributed by atoms with Gasteiger partial charge in [-0.25, -0.2) is 9.97 Å². The first kappa shape index (κ1) is 21.6. The monoisotopic (exact) mass is 458 g/mol. The predicted octanol–water partition coefficient (Wildman–Crippen LogP) is 4.75. The van der Waals surface area contributed by atoms with Gasteiger partial charge in [-0.1, -0.05) is 25.1 Å². The topological polar surface area (TPSA) is 90.1 Å². The molecule has 0 bridgehead atoms. The van der Waals surface area contributed by atoms with Gasteiger partial charge in [-0.15, -0.1) is 11.3 Å². The van der Waals surface area contributed by atoms with Crippen LogP contribution in [0.1, 0.15) is 36.2 Å². The van der Waals surface area contributed by atoms with Gasteiger partial charge in [0.05, 0.1) is 11.1 Å². The number of rotatable bonds is 7. The van der Waals surface area contributed by atoms with Gasteiger partial charge in [0.1, 0.15) is 11.6 Å². The van der Waals surface area contributed by atoms with E-state index in [9.17, 15) is 4.79 Å². The van der Waals surface area contributed by atoms with Crippen LogP contribution in [0.3, 0.4) is 0 Å². The van der Waals surface area contributed by atoms with Crippen LogP contribution in [-0.2, 0) is 5.54 Å². The van der Waals surface area contributed by atoms with Crippen molar-refractivity contribution in [3.8, 4) is 16.5 Å². The molecule has 0 saturated heterocycles. The van der Waals surface area contributed by atoms with E-state index in [0.29, 0.717) is 24.0 Å². The molecule has 33 heavy (non-hydrogen) atoms. The molecule has 6 nitrogen and oxygen atoms in total. The van der Waals surface area contributed by atoms with Crippen molar-refractivity contribution in [1.29, 1.82) is 0 Å². The highest BCUT2D eigenvalue weighted by Gasteiger charge is 2.54. The van der Waals surface area contributed by atoms with Gasteiger partial charge in [-0.05, 0) is 55.2 Å². The van der Waals surface area contributed by atoms with E-state index in [2.05, 4.69) is 23.3 Å². The minimum Gasteiger partial charge on any atom is -0.476 e. The molecule has 3 N–H and O–H groups in total. The van der Waals surface area contributed by atoms with E-state index in [-0.39, 0.29) is 11.9 Å². The normalized spacial score (nSPS) is 20.4. The molecule has 168 valence electrons. The fourth-order valence-electron chi connectivity index (χ4n) is 4.28. The molecule has 1 amide bonds. The Labute approximate surface area is 196 Å². The molecule has 2 aromatic heterocycles. The molecule has 4 aromatic rings. The molecule has 1 saturated carbocycles. The number of nitrogens with zero attached hydrogens (tertiary/aromatic N) is 2. The molecule has 0 radical (unpaired) electrons. The van der Waals surface area contributed by atoms with Crippen molar-refractivity contribution in [3.63, 3.8) is 0 Å². The van der Waals surface area contributed by atoms with Crippen molar-refractivity contribution in [2.24, 2.45) is 11.7 Å². The first-order chi connectivity index (χ1) is 16.0. The van der Waals surface area contributed by atoms with Gasteiger partial charge in [-0.3, -0.25) is 4.79 Å². The summed E-state index contributed by atoms with van der Waals surface area (Å²) < 4.78 is 5.77. The number of hydrogen-bond donors (Lipinski definition) is 2. The number of nitrogens with one attached hydrogen (secondary N) is 1. The molecule has 1 aliphatic carbocycles. The smallest absolute Gasteiger partial charge is 0.251 e. The van der Waals surface area contributed by atoms with E-state index in [1.807, 2.05) is 60.8 Å². The number of pyridine rings is 1. The Morgan fingerprint density at radius 2 is 2.06 bits per heavy atom. The zero-order valence-corrected chi connectivity index (χ0v) is 19.4. The van der Waals surface area contributed by atoms with Crippen molar-refractivity contribution in [2.75, 3.05) is 6.61 Å². The van der Waals surface area contributed by atoms with Crippen LogP contribution in [0, 0.1) is 5.92 Å². The first-order valence-corrected chi connectivity index (χ1v) is 12.0. The van der Waals surface area contributed by atoms with E-state index in [1.54, 1.807) is 17.5 Å². The summed E-state index contributed by atoms with van der Waals surface area (Å²) in [6.07, 6.45) is 2.66. The Balaban J connectivity index is 1.60. The Bertz CT molecular complexity index is 1290. The van der Waals surface area contributed by atoms with E-state index >= 15 is 0 Å². The molecule has 7 heteroatoms. The lowest BCUT2D eigenvalue weighted by atomic mass is 9.94. The maximum absolute atomic E-state index is 13.1. The molecular formula is C26H26N4O2S. The molecular weight excluding hydrogens is 432 g/mol. The van der Waals surface area contributed by atoms with Gasteiger partial charge < -0.3 is 15.8 Å². The van der Waals surface area contributed by atoms with Crippen LogP contribution in [0.5, 0.6) is 5.88 Å². The number of ether oxygens (including phenoxy) is 1. The fraction of sp³-hybridized carbons (Fsp3) is 0.269. The fourth-order valence-corrected chi connectivity index (χ4v) is 4.90. The van der Waals surface area contributed by atoms with Crippen molar-refractivity contribution < 1.29 is 9.53 Å². The molecule has 0 spiro atoms. The van der Waals surface area contributed by atoms with Gasteiger partial charge in [0, 0.05) is 40.2 Å². The summed E-state index contributed by atoms with van der Waals surface area (Å²) in [4.78, 5) is 22.4. The third kappa shape index (κ3) is 4.21. The highest BCUT2D eigenvalue weighted by Crippen LogP contribution is 2.54. The van der Waals surface area contributed by atoms with E-state index in [0.717, 1.165) is 33.5 Å². The van der Waals surface area contributed by atoms with Crippen LogP contribution in [0.15, 0.2) is 66.2 Å². The van der Waals surface area contributed by atoms with Gasteiger partial charge in [0.2, 0.25) is 5.88 Å². The van der Waals surface area contributed by atoms with E-state index < -0.39 is 5.54 Å². The molecule has 1 aliphatic rings. The van der Waals surface area contributed by atoms with Crippen LogP contribution in [0.4, 0.5) is 0 Å². The molecule has 0 aliphatic heterocycles. The van der Waals surface area contributed by atoms with Crippen LogP contribution < -0.4 is 15.8 Å². The maximum Gasteiger partial charge on any atom is 0.251 e. The largest absolute Gasteiger partial charge is 0.476 e. The van der Waals surface area contributed by atoms with Crippen molar-refractivity contribution in [3.05, 3.63) is 77.3 Å². The van der Waals surface area contributed by atoms with Gasteiger partial charge >= 0.3 is 0 Å². The summed E-state index contributed by atoms with van der Waals surface area (Å²) in [5.74, 6) is 0.764. The number of thiazole rings is 1. The van der Waals surface area contributed by atoms with Crippen LogP contribution >= 0.6 is 11.3 Å². The van der Waals surface area contributed by atoms with Crippen molar-refractivity contribution in [2.45, 2.75) is 31.8 Å². The number of benzene rings is 2. The number of amides is 1. The second-order valence-electron chi connectivity index (χ2n) is 8.76. The Morgan fingerprint density at radius 1 is 1.27 bits per heavy atom. The number of carbonyl (C=O) groups is 1. The quantitative estimate of drug-likeness (QED) is 0.417. The second-order valence-corrected chi connectivity index (χ2v) is 9.66. The molecule has 0 unspecified atom stereocenters. The van der Waals surface area contributed by atoms with E-state index in [4.69, 9.17) is 15.5 Å². The van der Waals surface area contributed by atoms with Crippen LogP contribution in [-0.4, -0.2) is 28.5 Å². The summed E-state index contributed by atoms with van der Waals surface area (Å²) in [6.45, 7) is 4.46. The van der Waals surface area contributed by atoms with Gasteiger partial charge in [0.15, 0.2) is 0 Å². The third-order valence-electron chi connectivity index (χ3n) is 6.12. The highest BCUT2D eigenvalue weighted by molar-refractivity contribution is 7.13. The Hall–Kier alpha value is -3.29. The lowest BCUT2D eigenvalue weighted by Gasteiger charge is -2.22. The Morgan fingerprint density at radius 3 is 2.73 bits per heavy atom. The number of fused-ring (bicyclic) bond motifs is 1. The minimum atomic E-state index is -0.450. The standard InChI is InChI=1S/C26H26N4O2S/c1-16-14-26(16,30-24(31)18-6-4-3-5-7-18)21-12-19(25-28-10-11-33-25)13-22-20(21)8-9-23(29-22)32-15-17(2)27/h3-13,16-17H,14-15,27H2,1-2H3,(H,30,31)/t16-,17-,26-/m0/s1. The average Bonchev–Trinajstić information content (AvgIpc) is 3.21. The van der Waals surface area contributed by atoms with Crippen molar-refractivity contribution >= 4 is 28.1 Å². The summed E-state index contributed by atoms with van der Waals surface area (Å²) in [5.41, 5.74) is 8.90. The summed E-state index contributed by atoms with van der Waals surface area (Å²) in [5, 5.41) is 7.21. The van der Waals surface area contributed by atoms with Gasteiger partial charge in [0.25, 0.3) is 5.91 Å². The SMILES string of the molecule is C[C@H](N)COc1ccc2c([C@]3(NC(=O)c4ccccc4)C[C@@H]3C)cc(-c3nccs3)cc2n1. The Kier molecular flexibility index (Phi) is 5.60. The molecule has 2 heterocycles. The molecule has 3 atom stereocenters. The highest BCUT2D eigenvalue weighted by atomic mass is 32.1. The first-order valence-electron chi connectivity index (χ1n) is 11.1. The number of nitrogens with two attached hydrogens (primary N) is 1. The summed E-state index contributed by atoms with van der Waals surface area (Å²) in [6, 6.07) is 17.4. The number of aromatic nitrogens is 2. The zero-order chi connectivity index (χ0) is 23.0. The molecule has 2 aromatic carbocycles. The third-order valence-corrected chi connectivity index (χ3v) is 6.94. The predicted molar refractivity (Wildman–Crippen MR) is 131 cm³/mol. The molecule has 5 rings (SSSR count). The number of carbonyl (C=O) groups excluding carboxylic acids is 1. The van der Waals surface area contributed by atoms with Crippen LogP contribution in [0.2, 0.25) is 0 Å². The summed E-state index contributed by atoms with van der Waals surface area (Å²) >= 11 is 1.58.